The van der Waals surface area contributed by atoms with Crippen molar-refractivity contribution in [2.45, 2.75) is 84.1 Å². The van der Waals surface area contributed by atoms with Crippen molar-refractivity contribution < 1.29 is 33.9 Å². The van der Waals surface area contributed by atoms with Crippen molar-refractivity contribution in [2.24, 2.45) is 17.6 Å². The second-order valence-electron chi connectivity index (χ2n) is 12.6. The molecule has 0 radical (unpaired) electrons. The monoisotopic (exact) mass is 666 g/mol. The quantitative estimate of drug-likeness (QED) is 0.103. The molecule has 0 spiro atoms. The van der Waals surface area contributed by atoms with Crippen LogP contribution in [0.2, 0.25) is 0 Å². The van der Waals surface area contributed by atoms with Gasteiger partial charge in [0, 0.05) is 12.8 Å². The van der Waals surface area contributed by atoms with Crippen molar-refractivity contribution in [3.63, 3.8) is 0 Å². The number of benzene rings is 2. The molecule has 0 saturated heterocycles. The number of nitrogens with two attached hydrogens (primary N) is 1. The first-order valence-corrected chi connectivity index (χ1v) is 16.2. The third-order valence-electron chi connectivity index (χ3n) is 7.62. The maximum Gasteiger partial charge on any atom is 0.243 e. The lowest BCUT2D eigenvalue weighted by molar-refractivity contribution is -0.135. The molecule has 2 rings (SSSR count). The molecule has 0 unspecified atom stereocenters. The number of hydrogen-bond acceptors (Lipinski definition) is 8. The lowest BCUT2D eigenvalue weighted by atomic mass is 9.98. The lowest BCUT2D eigenvalue weighted by Gasteiger charge is -2.28. The Balaban J connectivity index is 2.34. The van der Waals surface area contributed by atoms with Crippen LogP contribution in [-0.2, 0) is 41.6 Å². The molecule has 2 aromatic carbocycles. The van der Waals surface area contributed by atoms with Crippen LogP contribution in [0.3, 0.4) is 0 Å². The first-order chi connectivity index (χ1) is 22.7. The molecule has 8 N–H and O–H groups in total. The van der Waals surface area contributed by atoms with Gasteiger partial charge >= 0.3 is 0 Å². The Bertz CT molecular complexity index is 1370. The van der Waals surface area contributed by atoms with Gasteiger partial charge in [0.1, 0.15) is 30.8 Å². The van der Waals surface area contributed by atoms with Crippen LogP contribution in [0.5, 0.6) is 0 Å². The predicted molar refractivity (Wildman–Crippen MR) is 181 cm³/mol. The molecule has 262 valence electrons. The maximum absolute atomic E-state index is 13.9. The normalized spacial score (nSPS) is 14.2. The van der Waals surface area contributed by atoms with Gasteiger partial charge in [-0.2, -0.15) is 0 Å². The Morgan fingerprint density at radius 3 is 1.54 bits per heavy atom. The largest absolute Gasteiger partial charge is 0.389 e. The molecule has 0 aromatic heterocycles. The number of amides is 5. The van der Waals surface area contributed by atoms with Crippen LogP contribution in [0.15, 0.2) is 60.7 Å². The van der Waals surface area contributed by atoms with Gasteiger partial charge in [-0.3, -0.25) is 34.1 Å². The van der Waals surface area contributed by atoms with E-state index in [1.807, 2.05) is 26.0 Å². The summed E-state index contributed by atoms with van der Waals surface area (Å²) in [5.74, 6) is -3.91. The van der Waals surface area contributed by atoms with E-state index in [-0.39, 0.29) is 31.2 Å². The summed E-state index contributed by atoms with van der Waals surface area (Å²) in [7, 11) is 0. The summed E-state index contributed by atoms with van der Waals surface area (Å²) < 4.78 is 0. The average Bonchev–Trinajstić information content (AvgIpc) is 3.05. The zero-order chi connectivity index (χ0) is 35.8. The zero-order valence-corrected chi connectivity index (χ0v) is 28.3. The molecule has 48 heavy (non-hydrogen) atoms. The molecule has 2 aromatic rings. The van der Waals surface area contributed by atoms with Crippen molar-refractivity contribution in [1.29, 1.82) is 0 Å². The number of ketones is 1. The van der Waals surface area contributed by atoms with Gasteiger partial charge in [-0.15, -0.1) is 0 Å². The molecule has 0 aliphatic heterocycles. The first kappa shape index (κ1) is 39.6. The smallest absolute Gasteiger partial charge is 0.243 e. The fraction of sp³-hybridized carbons (Fsp3) is 0.486. The number of primary amides is 1. The molecular weight excluding hydrogens is 616 g/mol. The minimum atomic E-state index is -1.15. The predicted octanol–water partition coefficient (Wildman–Crippen LogP) is 0.138. The van der Waals surface area contributed by atoms with E-state index in [1.165, 1.54) is 6.92 Å². The highest BCUT2D eigenvalue weighted by Gasteiger charge is 2.33. The number of carbonyl (C=O) groups is 6. The minimum Gasteiger partial charge on any atom is -0.389 e. The molecule has 13 heteroatoms. The zero-order valence-electron chi connectivity index (χ0n) is 28.3. The highest BCUT2D eigenvalue weighted by molar-refractivity contribution is 5.96. The highest BCUT2D eigenvalue weighted by atomic mass is 16.3. The van der Waals surface area contributed by atoms with Crippen LogP contribution in [0, 0.1) is 11.8 Å². The maximum atomic E-state index is 13.9. The number of Topliss-reactive ketones (excluding diaryl/α,β-unsaturated/α-hetero) is 1. The summed E-state index contributed by atoms with van der Waals surface area (Å²) >= 11 is 0. The van der Waals surface area contributed by atoms with Gasteiger partial charge in [-0.05, 0) is 36.3 Å². The van der Waals surface area contributed by atoms with Crippen LogP contribution in [-0.4, -0.2) is 83.8 Å². The summed E-state index contributed by atoms with van der Waals surface area (Å²) in [6.45, 7) is 7.88. The van der Waals surface area contributed by atoms with Gasteiger partial charge in [-0.1, -0.05) is 88.4 Å². The number of carbonyl (C=O) groups excluding carboxylic acids is 6. The van der Waals surface area contributed by atoms with Crippen molar-refractivity contribution in [2.75, 3.05) is 13.2 Å². The molecule has 5 atom stereocenters. The second-order valence-corrected chi connectivity index (χ2v) is 12.6. The fourth-order valence-corrected chi connectivity index (χ4v) is 4.87. The van der Waals surface area contributed by atoms with Crippen LogP contribution in [0.4, 0.5) is 0 Å². The Morgan fingerprint density at radius 1 is 0.646 bits per heavy atom. The van der Waals surface area contributed by atoms with E-state index in [2.05, 4.69) is 26.6 Å². The molecule has 0 saturated carbocycles. The van der Waals surface area contributed by atoms with Gasteiger partial charge in [-0.25, -0.2) is 0 Å². The average molecular weight is 667 g/mol. The minimum absolute atomic E-state index is 0.0754. The molecule has 0 aliphatic carbocycles. The second kappa shape index (κ2) is 19.9. The molecule has 0 bridgehead atoms. The summed E-state index contributed by atoms with van der Waals surface area (Å²) in [5, 5.41) is 22.6. The van der Waals surface area contributed by atoms with E-state index in [0.717, 1.165) is 11.1 Å². The number of aliphatic hydroxyl groups is 1. The van der Waals surface area contributed by atoms with Crippen molar-refractivity contribution in [3.8, 4) is 0 Å². The third kappa shape index (κ3) is 13.6. The summed E-state index contributed by atoms with van der Waals surface area (Å²) in [5.41, 5.74) is 7.02. The Morgan fingerprint density at radius 2 is 1.10 bits per heavy atom. The Kier molecular flexibility index (Phi) is 16.4. The molecule has 0 heterocycles. The Labute approximate surface area is 282 Å². The van der Waals surface area contributed by atoms with Crippen molar-refractivity contribution in [1.82, 2.24) is 26.6 Å². The van der Waals surface area contributed by atoms with E-state index >= 15 is 0 Å². The van der Waals surface area contributed by atoms with E-state index in [9.17, 15) is 28.8 Å². The van der Waals surface area contributed by atoms with Crippen LogP contribution >= 0.6 is 0 Å². The van der Waals surface area contributed by atoms with Crippen molar-refractivity contribution >= 4 is 35.3 Å². The van der Waals surface area contributed by atoms with E-state index in [4.69, 9.17) is 10.8 Å². The Hall–Kier alpha value is -4.62. The molecular formula is C35H50N6O7. The number of nitrogens with one attached hydrogen (secondary N) is 5. The third-order valence-corrected chi connectivity index (χ3v) is 7.62. The van der Waals surface area contributed by atoms with Crippen LogP contribution in [0.1, 0.15) is 52.2 Å². The van der Waals surface area contributed by atoms with E-state index < -0.39 is 72.1 Å². The fourth-order valence-electron chi connectivity index (χ4n) is 4.87. The summed E-state index contributed by atoms with van der Waals surface area (Å²) in [6, 6.07) is 12.9. The highest BCUT2D eigenvalue weighted by Crippen LogP contribution is 2.11. The topological polar surface area (TPSA) is 209 Å². The van der Waals surface area contributed by atoms with Gasteiger partial charge < -0.3 is 32.1 Å². The van der Waals surface area contributed by atoms with Gasteiger partial charge in [0.25, 0.3) is 0 Å². The summed E-state index contributed by atoms with van der Waals surface area (Å²) in [4.78, 5) is 77.7. The van der Waals surface area contributed by atoms with Crippen LogP contribution in [0.25, 0.3) is 0 Å². The van der Waals surface area contributed by atoms with Crippen molar-refractivity contribution in [3.05, 3.63) is 71.8 Å². The summed E-state index contributed by atoms with van der Waals surface area (Å²) in [6.07, 6.45) is 0.504. The number of hydrogen-bond donors (Lipinski definition) is 7. The SMILES string of the molecule is CC(C)C[C@@H](NC(=O)[C@H](NC(=O)[C@@H](Cc1ccccc1)NC(=O)[C@@H](Cc1ccccc1)NC(=O)[C@@H](C)NCC(=O)CO)C(C)C)C(N)=O. The number of rotatable bonds is 20. The standard InChI is InChI=1S/C35H50N6O7/c1-21(2)16-27(31(36)44)38-35(48)30(22(3)4)41-34(47)29(18-25-14-10-7-11-15-25)40-33(46)28(17-24-12-8-6-9-13-24)39-32(45)23(5)37-19-26(43)20-42/h6-15,21-23,27-30,37,42H,16-20H2,1-5H3,(H2,36,44)(H,38,48)(H,39,45)(H,40,46)(H,41,47)/t23-,27-,28-,29-,30-/m1/s1. The van der Waals surface area contributed by atoms with Gasteiger partial charge in [0.15, 0.2) is 5.78 Å². The lowest BCUT2D eigenvalue weighted by Crippen LogP contribution is -2.60. The molecule has 0 aliphatic rings. The van der Waals surface area contributed by atoms with Gasteiger partial charge in [0.05, 0.1) is 12.6 Å². The van der Waals surface area contributed by atoms with E-state index in [1.54, 1.807) is 62.4 Å². The first-order valence-electron chi connectivity index (χ1n) is 16.2. The van der Waals surface area contributed by atoms with E-state index in [0.29, 0.717) is 6.42 Å². The molecule has 5 amide bonds. The molecule has 13 nitrogen and oxygen atoms in total. The van der Waals surface area contributed by atoms with Crippen LogP contribution < -0.4 is 32.3 Å². The van der Waals surface area contributed by atoms with Gasteiger partial charge in [0.2, 0.25) is 29.5 Å². The molecule has 0 fully saturated rings. The number of aliphatic hydroxyl groups excluding tert-OH is 1.